The summed E-state index contributed by atoms with van der Waals surface area (Å²) in [5, 5.41) is 15.2. The van der Waals surface area contributed by atoms with E-state index in [0.717, 1.165) is 18.4 Å². The van der Waals surface area contributed by atoms with Crippen molar-refractivity contribution in [2.45, 2.75) is 57.5 Å². The second-order valence-electron chi connectivity index (χ2n) is 6.97. The second-order valence-corrected chi connectivity index (χ2v) is 6.97. The molecule has 3 unspecified atom stereocenters. The zero-order valence-corrected chi connectivity index (χ0v) is 14.7. The first-order chi connectivity index (χ1) is 11.8. The third kappa shape index (κ3) is 5.05. The lowest BCUT2D eigenvalue weighted by Crippen LogP contribution is -2.55. The fraction of sp³-hybridized carbons (Fsp3) is 0.526. The van der Waals surface area contributed by atoms with Gasteiger partial charge in [-0.15, -0.1) is 0 Å². The lowest BCUT2D eigenvalue weighted by Gasteiger charge is -2.40. The molecule has 0 spiro atoms. The summed E-state index contributed by atoms with van der Waals surface area (Å²) in [6.45, 7) is 3.22. The predicted molar refractivity (Wildman–Crippen MR) is 93.8 cm³/mol. The number of nitrogens with one attached hydrogen (secondary N) is 2. The van der Waals surface area contributed by atoms with Crippen LogP contribution in [0.1, 0.15) is 57.6 Å². The molecular formula is C19H26N2O4. The van der Waals surface area contributed by atoms with Crippen LogP contribution < -0.4 is 10.6 Å². The highest BCUT2D eigenvalue weighted by atomic mass is 16.4. The van der Waals surface area contributed by atoms with Gasteiger partial charge in [0.2, 0.25) is 11.8 Å². The van der Waals surface area contributed by atoms with E-state index in [1.54, 1.807) is 6.92 Å². The SMILES string of the molecule is CC(=O)NC(CC(=O)NC1(C)CCCCC1C(=O)O)c1ccccc1. The van der Waals surface area contributed by atoms with Crippen LogP contribution in [0.3, 0.4) is 0 Å². The maximum atomic E-state index is 12.6. The van der Waals surface area contributed by atoms with Crippen LogP contribution in [0.15, 0.2) is 30.3 Å². The number of hydrogen-bond donors (Lipinski definition) is 3. The van der Waals surface area contributed by atoms with Crippen LogP contribution in [-0.4, -0.2) is 28.4 Å². The van der Waals surface area contributed by atoms with Crippen molar-refractivity contribution in [2.24, 2.45) is 5.92 Å². The molecule has 6 heteroatoms. The van der Waals surface area contributed by atoms with Crippen LogP contribution in [0.2, 0.25) is 0 Å². The molecule has 0 saturated heterocycles. The average molecular weight is 346 g/mol. The highest BCUT2D eigenvalue weighted by Gasteiger charge is 2.42. The minimum absolute atomic E-state index is 0.0749. The van der Waals surface area contributed by atoms with Gasteiger partial charge in [0, 0.05) is 6.92 Å². The number of carboxylic acid groups (broad SMARTS) is 1. The number of carboxylic acids is 1. The van der Waals surface area contributed by atoms with E-state index in [1.807, 2.05) is 30.3 Å². The minimum Gasteiger partial charge on any atom is -0.481 e. The van der Waals surface area contributed by atoms with E-state index in [9.17, 15) is 19.5 Å². The third-order valence-electron chi connectivity index (χ3n) is 4.90. The lowest BCUT2D eigenvalue weighted by atomic mass is 9.73. The van der Waals surface area contributed by atoms with Gasteiger partial charge in [-0.3, -0.25) is 14.4 Å². The van der Waals surface area contributed by atoms with Crippen molar-refractivity contribution in [3.05, 3.63) is 35.9 Å². The molecule has 1 aromatic carbocycles. The fourth-order valence-electron chi connectivity index (χ4n) is 3.62. The molecule has 1 aliphatic rings. The van der Waals surface area contributed by atoms with Crippen LogP contribution in [-0.2, 0) is 14.4 Å². The third-order valence-corrected chi connectivity index (χ3v) is 4.90. The zero-order valence-electron chi connectivity index (χ0n) is 14.7. The van der Waals surface area contributed by atoms with Crippen molar-refractivity contribution in [1.82, 2.24) is 10.6 Å². The summed E-state index contributed by atoms with van der Waals surface area (Å²) >= 11 is 0. The largest absolute Gasteiger partial charge is 0.481 e. The Morgan fingerprint density at radius 3 is 2.52 bits per heavy atom. The normalized spacial score (nSPS) is 24.2. The Balaban J connectivity index is 2.10. The second kappa shape index (κ2) is 8.14. The van der Waals surface area contributed by atoms with E-state index in [4.69, 9.17) is 0 Å². The summed E-state index contributed by atoms with van der Waals surface area (Å²) in [7, 11) is 0. The van der Waals surface area contributed by atoms with Crippen molar-refractivity contribution in [3.63, 3.8) is 0 Å². The molecule has 0 aliphatic heterocycles. The van der Waals surface area contributed by atoms with E-state index in [1.165, 1.54) is 6.92 Å². The molecule has 25 heavy (non-hydrogen) atoms. The molecule has 6 nitrogen and oxygen atoms in total. The number of carbonyl (C=O) groups is 3. The maximum Gasteiger partial charge on any atom is 0.308 e. The molecule has 2 rings (SSSR count). The molecule has 0 bridgehead atoms. The summed E-state index contributed by atoms with van der Waals surface area (Å²) < 4.78 is 0. The molecule has 0 heterocycles. The van der Waals surface area contributed by atoms with Crippen molar-refractivity contribution < 1.29 is 19.5 Å². The number of rotatable bonds is 6. The Morgan fingerprint density at radius 2 is 1.92 bits per heavy atom. The van der Waals surface area contributed by atoms with Gasteiger partial charge in [0.1, 0.15) is 0 Å². The Morgan fingerprint density at radius 1 is 1.24 bits per heavy atom. The molecular weight excluding hydrogens is 320 g/mol. The van der Waals surface area contributed by atoms with Crippen LogP contribution in [0, 0.1) is 5.92 Å². The summed E-state index contributed by atoms with van der Waals surface area (Å²) in [5.74, 6) is -1.92. The maximum absolute atomic E-state index is 12.6. The number of hydrogen-bond acceptors (Lipinski definition) is 3. The first-order valence-corrected chi connectivity index (χ1v) is 8.67. The van der Waals surface area contributed by atoms with Gasteiger partial charge >= 0.3 is 5.97 Å². The number of aliphatic carboxylic acids is 1. The molecule has 2 amide bonds. The summed E-state index contributed by atoms with van der Waals surface area (Å²) in [6.07, 6.45) is 3.05. The lowest BCUT2D eigenvalue weighted by molar-refractivity contribution is -0.146. The Bertz CT molecular complexity index is 632. The van der Waals surface area contributed by atoms with Crippen molar-refractivity contribution in [3.8, 4) is 0 Å². The highest BCUT2D eigenvalue weighted by molar-refractivity contribution is 5.81. The zero-order chi connectivity index (χ0) is 18.4. The van der Waals surface area contributed by atoms with E-state index in [-0.39, 0.29) is 18.2 Å². The summed E-state index contributed by atoms with van der Waals surface area (Å²) in [4.78, 5) is 35.6. The van der Waals surface area contributed by atoms with Crippen LogP contribution in [0.5, 0.6) is 0 Å². The number of benzene rings is 1. The van der Waals surface area contributed by atoms with Crippen molar-refractivity contribution >= 4 is 17.8 Å². The Hall–Kier alpha value is -2.37. The van der Waals surface area contributed by atoms with Gasteiger partial charge in [-0.05, 0) is 25.3 Å². The van der Waals surface area contributed by atoms with Gasteiger partial charge in [-0.2, -0.15) is 0 Å². The molecule has 0 radical (unpaired) electrons. The molecule has 0 aromatic heterocycles. The predicted octanol–water partition coefficient (Wildman–Crippen LogP) is 2.40. The Labute approximate surface area is 148 Å². The molecule has 136 valence electrons. The van der Waals surface area contributed by atoms with Crippen LogP contribution in [0.25, 0.3) is 0 Å². The van der Waals surface area contributed by atoms with Gasteiger partial charge in [0.25, 0.3) is 0 Å². The average Bonchev–Trinajstić information content (AvgIpc) is 2.54. The topological polar surface area (TPSA) is 95.5 Å². The van der Waals surface area contributed by atoms with Gasteiger partial charge in [0.05, 0.1) is 23.9 Å². The summed E-state index contributed by atoms with van der Waals surface area (Å²) in [6, 6.07) is 8.85. The van der Waals surface area contributed by atoms with Gasteiger partial charge < -0.3 is 15.7 Å². The Kier molecular flexibility index (Phi) is 6.17. The number of carbonyl (C=O) groups excluding carboxylic acids is 2. The van der Waals surface area contributed by atoms with Crippen LogP contribution in [0.4, 0.5) is 0 Å². The monoisotopic (exact) mass is 346 g/mol. The molecule has 3 N–H and O–H groups in total. The van der Waals surface area contributed by atoms with Crippen molar-refractivity contribution in [2.75, 3.05) is 0 Å². The van der Waals surface area contributed by atoms with Gasteiger partial charge in [0.15, 0.2) is 0 Å². The smallest absolute Gasteiger partial charge is 0.308 e. The standard InChI is InChI=1S/C19H26N2O4/c1-13(22)20-16(14-8-4-3-5-9-14)12-17(23)21-19(2)11-7-6-10-15(19)18(24)25/h3-5,8-9,15-16H,6-7,10-12H2,1-2H3,(H,20,22)(H,21,23)(H,24,25). The van der Waals surface area contributed by atoms with E-state index >= 15 is 0 Å². The molecule has 1 aromatic rings. The highest BCUT2D eigenvalue weighted by Crippen LogP contribution is 2.34. The molecule has 3 atom stereocenters. The first kappa shape index (κ1) is 19.0. The number of amides is 2. The van der Waals surface area contributed by atoms with Crippen LogP contribution >= 0.6 is 0 Å². The quantitative estimate of drug-likeness (QED) is 0.737. The summed E-state index contributed by atoms with van der Waals surface area (Å²) in [5.41, 5.74) is 0.0926. The first-order valence-electron chi connectivity index (χ1n) is 8.67. The molecule has 1 aliphatic carbocycles. The van der Waals surface area contributed by atoms with Gasteiger partial charge in [-0.1, -0.05) is 43.2 Å². The van der Waals surface area contributed by atoms with E-state index < -0.39 is 23.5 Å². The fourth-order valence-corrected chi connectivity index (χ4v) is 3.62. The molecule has 1 fully saturated rings. The van der Waals surface area contributed by atoms with Crippen molar-refractivity contribution in [1.29, 1.82) is 0 Å². The minimum atomic E-state index is -0.871. The van der Waals surface area contributed by atoms with Gasteiger partial charge in [-0.25, -0.2) is 0 Å². The molecule has 1 saturated carbocycles. The van der Waals surface area contributed by atoms with E-state index in [2.05, 4.69) is 10.6 Å². The van der Waals surface area contributed by atoms with E-state index in [0.29, 0.717) is 12.8 Å².